The fourth-order valence-electron chi connectivity index (χ4n) is 2.01. The van der Waals surface area contributed by atoms with Gasteiger partial charge >= 0.3 is 21.1 Å². The van der Waals surface area contributed by atoms with Crippen LogP contribution in [0, 0.1) is 35.3 Å². The summed E-state index contributed by atoms with van der Waals surface area (Å²) < 4.78 is 0. The molecule has 0 saturated carbocycles. The van der Waals surface area contributed by atoms with E-state index in [-0.39, 0.29) is 116 Å². The van der Waals surface area contributed by atoms with Gasteiger partial charge in [0.15, 0.2) is 0 Å². The third-order valence-corrected chi connectivity index (χ3v) is 3.21. The molecule has 0 aromatic heterocycles. The summed E-state index contributed by atoms with van der Waals surface area (Å²) in [5.41, 5.74) is 1.32. The molecule has 4 aromatic carbocycles. The normalized spacial score (nSPS) is 6.31. The zero-order valence-corrected chi connectivity index (χ0v) is 32.6. The molecule has 4 aromatic rings. The Morgan fingerprint density at radius 2 is 0.694 bits per heavy atom. The second kappa shape index (κ2) is 51.6. The maximum atomic E-state index is 2.89. The van der Waals surface area contributed by atoms with Gasteiger partial charge in [-0.1, -0.05) is 133 Å². The Bertz CT molecular complexity index is 699. The monoisotopic (exact) mass is 810 g/mol. The van der Waals surface area contributed by atoms with E-state index < -0.39 is 0 Å². The van der Waals surface area contributed by atoms with Crippen LogP contribution in [-0.2, 0) is 86.5 Å². The molecule has 0 aliphatic heterocycles. The van der Waals surface area contributed by atoms with E-state index in [2.05, 4.69) is 73.7 Å². The van der Waals surface area contributed by atoms with E-state index in [0.29, 0.717) is 0 Å². The number of aryl methyl sites for hydroxylation is 1. The quantitative estimate of drug-likeness (QED) is 0.155. The number of hydrogen-bond acceptors (Lipinski definition) is 0. The van der Waals surface area contributed by atoms with Gasteiger partial charge in [0, 0.05) is 65.4 Å². The van der Waals surface area contributed by atoms with Gasteiger partial charge < -0.3 is 22.3 Å². The van der Waals surface area contributed by atoms with Gasteiger partial charge in [-0.25, -0.2) is 0 Å². The van der Waals surface area contributed by atoms with Crippen LogP contribution >= 0.6 is 0 Å². The molecule has 0 nitrogen and oxygen atoms in total. The minimum absolute atomic E-state index is 0. The SMILES string of the molecule is C.CC.CC.CC.Cc1ccccc1.[CH3-].[CH3-].[CH3-].[W+2].[Y].[Y].[c-]1ccccc1.c1ccc2ccccc2c1. The number of rotatable bonds is 0. The Hall–Kier alpha value is 0.0361. The van der Waals surface area contributed by atoms with Crippen LogP contribution in [0.25, 0.3) is 10.8 Å². The summed E-state index contributed by atoms with van der Waals surface area (Å²) in [6.45, 7) is 14.1. The van der Waals surface area contributed by atoms with Crippen LogP contribution in [0.3, 0.4) is 0 Å². The minimum Gasteiger partial charge on any atom is -0.358 e. The summed E-state index contributed by atoms with van der Waals surface area (Å²) in [7, 11) is 0. The predicted octanol–water partition coefficient (Wildman–Crippen LogP) is 11.4. The molecule has 198 valence electrons. The van der Waals surface area contributed by atoms with Crippen LogP contribution < -0.4 is 0 Å². The minimum atomic E-state index is 0. The predicted molar refractivity (Wildman–Crippen MR) is 160 cm³/mol. The summed E-state index contributed by atoms with van der Waals surface area (Å²) in [6, 6.07) is 39.5. The second-order valence-electron chi connectivity index (χ2n) is 5.08. The van der Waals surface area contributed by atoms with E-state index in [9.17, 15) is 0 Å². The number of fused-ring (bicyclic) bond motifs is 1. The summed E-state index contributed by atoms with van der Waals surface area (Å²) in [6.07, 6.45) is 0. The van der Waals surface area contributed by atoms with E-state index >= 15 is 0 Å². The van der Waals surface area contributed by atoms with Gasteiger partial charge in [0.25, 0.3) is 0 Å². The van der Waals surface area contributed by atoms with Gasteiger partial charge in [0.2, 0.25) is 0 Å². The van der Waals surface area contributed by atoms with Crippen molar-refractivity contribution in [3.8, 4) is 0 Å². The van der Waals surface area contributed by atoms with Gasteiger partial charge in [0.1, 0.15) is 0 Å². The molecule has 2 radical (unpaired) electrons. The maximum Gasteiger partial charge on any atom is 2.00 e. The second-order valence-corrected chi connectivity index (χ2v) is 5.08. The Labute approximate surface area is 292 Å². The van der Waals surface area contributed by atoms with Crippen LogP contribution in [0.15, 0.2) is 109 Å². The zero-order chi connectivity index (χ0) is 22.2. The van der Waals surface area contributed by atoms with E-state index in [0.717, 1.165) is 0 Å². The molecule has 4 rings (SSSR count). The number of benzene rings is 4. The van der Waals surface area contributed by atoms with E-state index in [4.69, 9.17) is 0 Å². The van der Waals surface area contributed by atoms with Crippen LogP contribution in [0.2, 0.25) is 0 Å². The largest absolute Gasteiger partial charge is 2.00 e. The van der Waals surface area contributed by atoms with E-state index in [1.165, 1.54) is 16.3 Å². The van der Waals surface area contributed by atoms with E-state index in [1.54, 1.807) is 0 Å². The topological polar surface area (TPSA) is 0 Å². The smallest absolute Gasteiger partial charge is 0.358 e. The van der Waals surface area contributed by atoms with Crippen molar-refractivity contribution in [1.82, 2.24) is 0 Å². The summed E-state index contributed by atoms with van der Waals surface area (Å²) in [4.78, 5) is 0. The summed E-state index contributed by atoms with van der Waals surface area (Å²) >= 11 is 0. The summed E-state index contributed by atoms with van der Waals surface area (Å²) in [5, 5.41) is 2.62. The molecule has 0 N–H and O–H groups in total. The van der Waals surface area contributed by atoms with E-state index in [1.807, 2.05) is 90.1 Å². The fraction of sp³-hybridized carbons (Fsp3) is 0.242. The Kier molecular flexibility index (Phi) is 86.8. The van der Waals surface area contributed by atoms with Gasteiger partial charge in [-0.3, -0.25) is 0 Å². The first-order valence-corrected chi connectivity index (χ1v) is 10.7. The molecule has 36 heavy (non-hydrogen) atoms. The fourth-order valence-corrected chi connectivity index (χ4v) is 2.01. The van der Waals surface area contributed by atoms with Crippen LogP contribution in [0.1, 0.15) is 54.5 Å². The van der Waals surface area contributed by atoms with Gasteiger partial charge in [-0.05, 0) is 17.7 Å². The average molecular weight is 810 g/mol. The van der Waals surface area contributed by atoms with Crippen LogP contribution in [-0.4, -0.2) is 0 Å². The van der Waals surface area contributed by atoms with Crippen molar-refractivity contribution in [3.05, 3.63) is 143 Å². The third kappa shape index (κ3) is 36.2. The van der Waals surface area contributed by atoms with Crippen LogP contribution in [0.4, 0.5) is 0 Å². The van der Waals surface area contributed by atoms with Crippen LogP contribution in [0.5, 0.6) is 0 Å². The van der Waals surface area contributed by atoms with Crippen molar-refractivity contribution < 1.29 is 86.5 Å². The number of hydrogen-bond donors (Lipinski definition) is 0. The third-order valence-electron chi connectivity index (χ3n) is 3.21. The molecule has 0 bridgehead atoms. The molecule has 0 aliphatic carbocycles. The Morgan fingerprint density at radius 3 is 0.861 bits per heavy atom. The standard InChI is InChI=1S/C10H8.C7H8.C6H5.3C2H6.CH4.3CH3.W.2Y/c1-2-6-10-8-4-3-7-9(10)5-1;1-7-5-3-2-4-6-7;1-2-4-6-5-3-1;3*1-2;;;;;;;/h1-8H;2-6H,1H3;1-5H;3*1-2H3;1H4;3*1H3;;;/q;;-1;;;;;3*-1;+2;;. The van der Waals surface area contributed by atoms with Crippen molar-refractivity contribution in [1.29, 1.82) is 0 Å². The molecular formula is C33H52WY2-2. The van der Waals surface area contributed by atoms with Crippen molar-refractivity contribution in [3.63, 3.8) is 0 Å². The van der Waals surface area contributed by atoms with Crippen molar-refractivity contribution in [2.24, 2.45) is 0 Å². The zero-order valence-electron chi connectivity index (χ0n) is 24.0. The Balaban J connectivity index is -0.0000000367. The molecule has 0 aliphatic rings. The molecule has 3 heteroatoms. The van der Waals surface area contributed by atoms with Gasteiger partial charge in [-0.15, -0.1) is 0 Å². The molecular weight excluding hydrogens is 758 g/mol. The summed E-state index contributed by atoms with van der Waals surface area (Å²) in [5.74, 6) is 0. The first-order valence-electron chi connectivity index (χ1n) is 10.7. The molecule has 0 atom stereocenters. The molecule has 0 saturated heterocycles. The van der Waals surface area contributed by atoms with Crippen molar-refractivity contribution >= 4 is 10.8 Å². The molecule has 0 fully saturated rings. The van der Waals surface area contributed by atoms with Gasteiger partial charge in [0.05, 0.1) is 0 Å². The molecule has 0 spiro atoms. The molecule has 0 unspecified atom stereocenters. The first kappa shape index (κ1) is 60.5. The molecule has 0 heterocycles. The maximum absolute atomic E-state index is 2.89. The van der Waals surface area contributed by atoms with Gasteiger partial charge in [-0.2, -0.15) is 36.4 Å². The Morgan fingerprint density at radius 1 is 0.444 bits per heavy atom. The molecule has 0 amide bonds. The van der Waals surface area contributed by atoms with Crippen molar-refractivity contribution in [2.45, 2.75) is 55.9 Å². The first-order chi connectivity index (χ1) is 14.4. The van der Waals surface area contributed by atoms with Crippen molar-refractivity contribution in [2.75, 3.05) is 0 Å². The average Bonchev–Trinajstić information content (AvgIpc) is 2.85.